The molecule has 2 aromatic carbocycles. The maximum absolute atomic E-state index is 12.5. The molecule has 0 aromatic heterocycles. The maximum Gasteiger partial charge on any atom is 0.314 e. The van der Waals surface area contributed by atoms with Crippen molar-refractivity contribution in [2.24, 2.45) is 0 Å². The van der Waals surface area contributed by atoms with E-state index in [-0.39, 0.29) is 18.3 Å². The van der Waals surface area contributed by atoms with Crippen LogP contribution in [0.2, 0.25) is 0 Å². The van der Waals surface area contributed by atoms with Crippen LogP contribution < -0.4 is 4.74 Å². The Morgan fingerprint density at radius 1 is 1.04 bits per heavy atom. The molecule has 28 heavy (non-hydrogen) atoms. The number of benzene rings is 2. The Morgan fingerprint density at radius 3 is 2.32 bits per heavy atom. The van der Waals surface area contributed by atoms with Crippen LogP contribution in [-0.2, 0) is 15.0 Å². The minimum Gasteiger partial charge on any atom is -0.484 e. The number of hydrogen-bond acceptors (Lipinski definition) is 4. The number of rotatable bonds is 6. The van der Waals surface area contributed by atoms with Crippen molar-refractivity contribution in [1.82, 2.24) is 4.90 Å². The molecule has 146 valence electrons. The fourth-order valence-electron chi connectivity index (χ4n) is 3.56. The first-order valence-corrected chi connectivity index (χ1v) is 9.23. The second-order valence-corrected chi connectivity index (χ2v) is 7.01. The van der Waals surface area contributed by atoms with Crippen molar-refractivity contribution >= 4 is 17.7 Å². The summed E-state index contributed by atoms with van der Waals surface area (Å²) in [7, 11) is 0. The monoisotopic (exact) mass is 381 g/mol. The summed E-state index contributed by atoms with van der Waals surface area (Å²) in [5.74, 6) is -0.663. The molecule has 0 saturated carbocycles. The number of Topliss-reactive ketones (excluding diaryl/α,β-unsaturated/α-hetero) is 1. The SMILES string of the molecule is CC(=O)c1cccc(OCC(=O)N2CCC(C(=O)O)(c3ccccc3)CC2)c1. The van der Waals surface area contributed by atoms with Crippen LogP contribution in [0.3, 0.4) is 0 Å². The summed E-state index contributed by atoms with van der Waals surface area (Å²) < 4.78 is 5.54. The Balaban J connectivity index is 1.61. The highest BCUT2D eigenvalue weighted by Gasteiger charge is 2.43. The average Bonchev–Trinajstić information content (AvgIpc) is 2.72. The lowest BCUT2D eigenvalue weighted by Gasteiger charge is -2.39. The minimum absolute atomic E-state index is 0.0706. The van der Waals surface area contributed by atoms with Crippen molar-refractivity contribution in [3.05, 3.63) is 65.7 Å². The topological polar surface area (TPSA) is 83.9 Å². The zero-order valence-corrected chi connectivity index (χ0v) is 15.8. The number of carboxylic acids is 1. The Labute approximate surface area is 163 Å². The molecular formula is C22H23NO5. The second kappa shape index (κ2) is 8.25. The van der Waals surface area contributed by atoms with Crippen molar-refractivity contribution in [3.63, 3.8) is 0 Å². The highest BCUT2D eigenvalue weighted by atomic mass is 16.5. The number of carbonyl (C=O) groups excluding carboxylic acids is 2. The molecule has 1 saturated heterocycles. The third kappa shape index (κ3) is 4.06. The van der Waals surface area contributed by atoms with Gasteiger partial charge in [0.2, 0.25) is 0 Å². The highest BCUT2D eigenvalue weighted by Crippen LogP contribution is 2.36. The summed E-state index contributed by atoms with van der Waals surface area (Å²) in [6, 6.07) is 15.9. The van der Waals surface area contributed by atoms with E-state index in [1.807, 2.05) is 30.3 Å². The first kappa shape index (κ1) is 19.6. The highest BCUT2D eigenvalue weighted by molar-refractivity contribution is 5.94. The standard InChI is InChI=1S/C22H23NO5/c1-16(24)17-6-5-9-19(14-17)28-15-20(25)23-12-10-22(11-13-23,21(26)27)18-7-3-2-4-8-18/h2-9,14H,10-13,15H2,1H3,(H,26,27). The Bertz CT molecular complexity index is 870. The van der Waals surface area contributed by atoms with E-state index in [0.29, 0.717) is 37.2 Å². The van der Waals surface area contributed by atoms with Crippen molar-refractivity contribution in [2.75, 3.05) is 19.7 Å². The van der Waals surface area contributed by atoms with E-state index in [9.17, 15) is 19.5 Å². The lowest BCUT2D eigenvalue weighted by molar-refractivity contribution is -0.148. The molecule has 0 atom stereocenters. The molecule has 1 amide bonds. The van der Waals surface area contributed by atoms with Gasteiger partial charge in [0.25, 0.3) is 5.91 Å². The average molecular weight is 381 g/mol. The van der Waals surface area contributed by atoms with Crippen LogP contribution >= 0.6 is 0 Å². The zero-order chi connectivity index (χ0) is 20.1. The number of ether oxygens (including phenoxy) is 1. The fourth-order valence-corrected chi connectivity index (χ4v) is 3.56. The molecule has 1 N–H and O–H groups in total. The summed E-state index contributed by atoms with van der Waals surface area (Å²) in [4.78, 5) is 37.6. The zero-order valence-electron chi connectivity index (χ0n) is 15.8. The van der Waals surface area contributed by atoms with E-state index in [1.165, 1.54) is 6.92 Å². The predicted octanol–water partition coefficient (Wildman–Crippen LogP) is 2.91. The molecule has 1 fully saturated rings. The van der Waals surface area contributed by atoms with Crippen LogP contribution in [0.4, 0.5) is 0 Å². The van der Waals surface area contributed by atoms with Crippen molar-refractivity contribution in [2.45, 2.75) is 25.2 Å². The summed E-state index contributed by atoms with van der Waals surface area (Å²) >= 11 is 0. The first-order valence-electron chi connectivity index (χ1n) is 9.23. The van der Waals surface area contributed by atoms with Crippen molar-refractivity contribution in [3.8, 4) is 5.75 Å². The molecule has 1 heterocycles. The third-order valence-corrected chi connectivity index (χ3v) is 5.31. The molecule has 1 aliphatic rings. The van der Waals surface area contributed by atoms with Gasteiger partial charge in [-0.15, -0.1) is 0 Å². The number of carbonyl (C=O) groups is 3. The van der Waals surface area contributed by atoms with E-state index in [0.717, 1.165) is 5.56 Å². The Hall–Kier alpha value is -3.15. The number of hydrogen-bond donors (Lipinski definition) is 1. The molecule has 0 unspecified atom stereocenters. The lowest BCUT2D eigenvalue weighted by atomic mass is 9.73. The lowest BCUT2D eigenvalue weighted by Crippen LogP contribution is -2.50. The smallest absolute Gasteiger partial charge is 0.314 e. The van der Waals surface area contributed by atoms with Crippen molar-refractivity contribution in [1.29, 1.82) is 0 Å². The van der Waals surface area contributed by atoms with Gasteiger partial charge in [-0.3, -0.25) is 14.4 Å². The summed E-state index contributed by atoms with van der Waals surface area (Å²) in [6.45, 7) is 2.04. The Kier molecular flexibility index (Phi) is 5.78. The van der Waals surface area contributed by atoms with Gasteiger partial charge in [-0.1, -0.05) is 42.5 Å². The quantitative estimate of drug-likeness (QED) is 0.778. The van der Waals surface area contributed by atoms with E-state index >= 15 is 0 Å². The van der Waals surface area contributed by atoms with Gasteiger partial charge in [-0.05, 0) is 37.5 Å². The van der Waals surface area contributed by atoms with Crippen LogP contribution in [0.5, 0.6) is 5.75 Å². The maximum atomic E-state index is 12.5. The molecule has 3 rings (SSSR count). The first-order chi connectivity index (χ1) is 13.4. The number of nitrogens with zero attached hydrogens (tertiary/aromatic N) is 1. The van der Waals surface area contributed by atoms with Crippen LogP contribution in [0.15, 0.2) is 54.6 Å². The predicted molar refractivity (Wildman–Crippen MR) is 104 cm³/mol. The minimum atomic E-state index is -0.964. The number of amides is 1. The van der Waals surface area contributed by atoms with E-state index < -0.39 is 11.4 Å². The molecule has 6 nitrogen and oxygen atoms in total. The summed E-state index contributed by atoms with van der Waals surface area (Å²) in [5.41, 5.74) is 0.332. The summed E-state index contributed by atoms with van der Waals surface area (Å²) in [6.07, 6.45) is 0.718. The largest absolute Gasteiger partial charge is 0.484 e. The van der Waals surface area contributed by atoms with Crippen LogP contribution in [-0.4, -0.2) is 47.4 Å². The van der Waals surface area contributed by atoms with Crippen LogP contribution in [0.1, 0.15) is 35.7 Å². The molecule has 0 radical (unpaired) electrons. The van der Waals surface area contributed by atoms with Gasteiger partial charge in [-0.25, -0.2) is 0 Å². The van der Waals surface area contributed by atoms with Gasteiger partial charge in [-0.2, -0.15) is 0 Å². The van der Waals surface area contributed by atoms with Crippen LogP contribution in [0, 0.1) is 0 Å². The summed E-state index contributed by atoms with van der Waals surface area (Å²) in [5, 5.41) is 9.83. The van der Waals surface area contributed by atoms with Gasteiger partial charge in [0.15, 0.2) is 12.4 Å². The number of carboxylic acid groups (broad SMARTS) is 1. The van der Waals surface area contributed by atoms with Gasteiger partial charge >= 0.3 is 5.97 Å². The Morgan fingerprint density at radius 2 is 1.71 bits per heavy atom. The molecule has 0 spiro atoms. The second-order valence-electron chi connectivity index (χ2n) is 7.01. The van der Waals surface area contributed by atoms with Gasteiger partial charge in [0, 0.05) is 18.7 Å². The van der Waals surface area contributed by atoms with Crippen LogP contribution in [0.25, 0.3) is 0 Å². The van der Waals surface area contributed by atoms with Gasteiger partial charge in [0.05, 0.1) is 5.41 Å². The van der Waals surface area contributed by atoms with E-state index in [2.05, 4.69) is 0 Å². The molecule has 6 heteroatoms. The third-order valence-electron chi connectivity index (χ3n) is 5.31. The molecule has 0 bridgehead atoms. The van der Waals surface area contributed by atoms with E-state index in [1.54, 1.807) is 29.2 Å². The molecule has 2 aromatic rings. The number of piperidine rings is 1. The fraction of sp³-hybridized carbons (Fsp3) is 0.318. The van der Waals surface area contributed by atoms with E-state index in [4.69, 9.17) is 4.74 Å². The number of ketones is 1. The van der Waals surface area contributed by atoms with Crippen molar-refractivity contribution < 1.29 is 24.2 Å². The van der Waals surface area contributed by atoms with Gasteiger partial charge < -0.3 is 14.7 Å². The molecule has 1 aliphatic heterocycles. The molecule has 0 aliphatic carbocycles. The number of likely N-dealkylation sites (tertiary alicyclic amines) is 1. The van der Waals surface area contributed by atoms with Gasteiger partial charge in [0.1, 0.15) is 5.75 Å². The number of aliphatic carboxylic acids is 1. The molecular weight excluding hydrogens is 358 g/mol. The normalized spacial score (nSPS) is 15.7.